The molecular weight excluding hydrogens is 354 g/mol. The van der Waals surface area contributed by atoms with Crippen molar-refractivity contribution in [2.75, 3.05) is 19.5 Å². The molecule has 0 aliphatic carbocycles. The minimum Gasteiger partial charge on any atom is -0.491 e. The third-order valence-electron chi connectivity index (χ3n) is 4.22. The fourth-order valence-corrected chi connectivity index (χ4v) is 3.76. The van der Waals surface area contributed by atoms with Gasteiger partial charge in [0, 0.05) is 30.3 Å². The van der Waals surface area contributed by atoms with Crippen LogP contribution >= 0.6 is 11.8 Å². The molecule has 0 fully saturated rings. The quantitative estimate of drug-likeness (QED) is 0.493. The molecule has 138 valence electrons. The van der Waals surface area contributed by atoms with Crippen LogP contribution in [-0.4, -0.2) is 40.7 Å². The van der Waals surface area contributed by atoms with Crippen LogP contribution in [0.4, 0.5) is 0 Å². The van der Waals surface area contributed by atoms with E-state index in [1.54, 1.807) is 20.0 Å². The van der Waals surface area contributed by atoms with Crippen molar-refractivity contribution >= 4 is 23.3 Å². The maximum absolute atomic E-state index is 13.1. The number of thioether (sulfide) groups is 1. The number of carbonyl (C=O) groups excluding carboxylic acids is 1. The Morgan fingerprint density at radius 2 is 2.23 bits per heavy atom. The monoisotopic (exact) mass is 375 g/mol. The van der Waals surface area contributed by atoms with E-state index in [1.807, 2.05) is 19.2 Å². The number of ether oxygens (including phenoxy) is 1. The Morgan fingerprint density at radius 3 is 2.85 bits per heavy atom. The number of nitrogens with one attached hydrogen (secondary N) is 1. The molecule has 3 rings (SSSR count). The minimum atomic E-state index is -0.336. The predicted octanol–water partition coefficient (Wildman–Crippen LogP) is 2.50. The van der Waals surface area contributed by atoms with Crippen LogP contribution in [-0.2, 0) is 11.9 Å². The lowest BCUT2D eigenvalue weighted by Crippen LogP contribution is -2.22. The maximum atomic E-state index is 13.1. The van der Waals surface area contributed by atoms with Gasteiger partial charge in [0.2, 0.25) is 5.78 Å². The number of carbonyl (C=O) groups is 1. The zero-order valence-electron chi connectivity index (χ0n) is 15.2. The third-order valence-corrected chi connectivity index (χ3v) is 5.03. The highest BCUT2D eigenvalue weighted by atomic mass is 32.2. The van der Waals surface area contributed by atoms with E-state index in [0.29, 0.717) is 41.5 Å². The van der Waals surface area contributed by atoms with Gasteiger partial charge in [-0.15, -0.1) is 11.8 Å². The standard InChI is InChI=1S/C18H21N3O4S/c1-5-25-20-13-8-9-24-16-11(13)6-7-12(17(16)26-4)15(22)14-10(2)19-21(3)18(14)23/h6-7,19H,5,8-9H2,1-4H3/b20-13+. The minimum absolute atomic E-state index is 0.154. The average molecular weight is 375 g/mol. The second kappa shape index (κ2) is 7.41. The fraction of sp³-hybridized carbons (Fsp3) is 0.389. The normalized spacial score (nSPS) is 14.8. The number of ketones is 1. The van der Waals surface area contributed by atoms with E-state index in [9.17, 15) is 9.59 Å². The lowest BCUT2D eigenvalue weighted by Gasteiger charge is -2.22. The summed E-state index contributed by atoms with van der Waals surface area (Å²) in [5.74, 6) is 0.312. The molecule has 7 nitrogen and oxygen atoms in total. The van der Waals surface area contributed by atoms with Crippen LogP contribution in [0.5, 0.6) is 5.75 Å². The number of nitrogens with zero attached hydrogens (tertiary/aromatic N) is 2. The summed E-state index contributed by atoms with van der Waals surface area (Å²) in [7, 11) is 1.59. The lowest BCUT2D eigenvalue weighted by atomic mass is 9.97. The van der Waals surface area contributed by atoms with Gasteiger partial charge in [-0.3, -0.25) is 19.4 Å². The molecule has 26 heavy (non-hydrogen) atoms. The van der Waals surface area contributed by atoms with E-state index in [1.165, 1.54) is 16.4 Å². The average Bonchev–Trinajstić information content (AvgIpc) is 2.90. The molecule has 2 heterocycles. The van der Waals surface area contributed by atoms with Crippen molar-refractivity contribution in [1.82, 2.24) is 9.78 Å². The number of fused-ring (bicyclic) bond motifs is 1. The summed E-state index contributed by atoms with van der Waals surface area (Å²) in [6, 6.07) is 3.54. The zero-order valence-corrected chi connectivity index (χ0v) is 16.0. The molecule has 0 atom stereocenters. The first kappa shape index (κ1) is 18.3. The number of benzene rings is 1. The maximum Gasteiger partial charge on any atom is 0.277 e. The summed E-state index contributed by atoms with van der Waals surface area (Å²) >= 11 is 1.42. The summed E-state index contributed by atoms with van der Waals surface area (Å²) in [6.45, 7) is 4.55. The molecule has 2 aromatic rings. The number of aromatic nitrogens is 2. The van der Waals surface area contributed by atoms with E-state index < -0.39 is 0 Å². The van der Waals surface area contributed by atoms with Gasteiger partial charge in [-0.1, -0.05) is 5.16 Å². The van der Waals surface area contributed by atoms with Gasteiger partial charge in [-0.05, 0) is 32.2 Å². The Balaban J connectivity index is 2.13. The number of H-pyrrole nitrogens is 1. The second-order valence-electron chi connectivity index (χ2n) is 5.88. The van der Waals surface area contributed by atoms with Crippen molar-refractivity contribution in [2.24, 2.45) is 12.2 Å². The van der Waals surface area contributed by atoms with E-state index in [-0.39, 0.29) is 16.9 Å². The van der Waals surface area contributed by atoms with Crippen LogP contribution in [0.25, 0.3) is 0 Å². The van der Waals surface area contributed by atoms with Crippen molar-refractivity contribution in [3.63, 3.8) is 0 Å². The molecule has 1 aromatic heterocycles. The van der Waals surface area contributed by atoms with Gasteiger partial charge in [0.05, 0.1) is 17.2 Å². The number of aromatic amines is 1. The summed E-state index contributed by atoms with van der Waals surface area (Å²) in [5, 5.41) is 7.03. The summed E-state index contributed by atoms with van der Waals surface area (Å²) in [5.41, 5.74) is 2.44. The van der Waals surface area contributed by atoms with Crippen LogP contribution < -0.4 is 10.3 Å². The van der Waals surface area contributed by atoms with Gasteiger partial charge in [0.15, 0.2) is 0 Å². The highest BCUT2D eigenvalue weighted by Gasteiger charge is 2.28. The van der Waals surface area contributed by atoms with E-state index in [4.69, 9.17) is 9.57 Å². The van der Waals surface area contributed by atoms with Gasteiger partial charge >= 0.3 is 0 Å². The first-order chi connectivity index (χ1) is 12.5. The Kier molecular flexibility index (Phi) is 5.22. The third kappa shape index (κ3) is 3.05. The molecular formula is C18H21N3O4S. The Morgan fingerprint density at radius 1 is 1.46 bits per heavy atom. The fourth-order valence-electron chi connectivity index (χ4n) is 3.02. The van der Waals surface area contributed by atoms with Crippen LogP contribution in [0.2, 0.25) is 0 Å². The van der Waals surface area contributed by atoms with Gasteiger partial charge in [0.25, 0.3) is 5.56 Å². The van der Waals surface area contributed by atoms with Crippen LogP contribution in [0.1, 0.15) is 40.5 Å². The summed E-state index contributed by atoms with van der Waals surface area (Å²) in [4.78, 5) is 31.3. The van der Waals surface area contributed by atoms with Crippen molar-refractivity contribution in [3.8, 4) is 5.75 Å². The molecule has 0 spiro atoms. The number of aryl methyl sites for hydroxylation is 2. The van der Waals surface area contributed by atoms with Crippen LogP contribution in [0.3, 0.4) is 0 Å². The summed E-state index contributed by atoms with van der Waals surface area (Å²) < 4.78 is 7.16. The smallest absolute Gasteiger partial charge is 0.277 e. The van der Waals surface area contributed by atoms with E-state index in [0.717, 1.165) is 11.3 Å². The first-order valence-electron chi connectivity index (χ1n) is 8.32. The first-order valence-corrected chi connectivity index (χ1v) is 9.55. The number of hydrogen-bond acceptors (Lipinski definition) is 6. The molecule has 0 saturated carbocycles. The van der Waals surface area contributed by atoms with Crippen LogP contribution in [0.15, 0.2) is 27.0 Å². The van der Waals surface area contributed by atoms with Crippen molar-refractivity contribution in [1.29, 1.82) is 0 Å². The van der Waals surface area contributed by atoms with Crippen molar-refractivity contribution in [3.05, 3.63) is 44.9 Å². The largest absolute Gasteiger partial charge is 0.491 e. The highest BCUT2D eigenvalue weighted by Crippen LogP contribution is 2.38. The molecule has 0 amide bonds. The van der Waals surface area contributed by atoms with E-state index >= 15 is 0 Å². The highest BCUT2D eigenvalue weighted by molar-refractivity contribution is 7.98. The molecule has 1 N–H and O–H groups in total. The van der Waals surface area contributed by atoms with Gasteiger partial charge in [-0.2, -0.15) is 0 Å². The Labute approximate surface area is 155 Å². The summed E-state index contributed by atoms with van der Waals surface area (Å²) in [6.07, 6.45) is 2.53. The Bertz CT molecular complexity index is 943. The molecule has 0 bridgehead atoms. The molecule has 1 aliphatic heterocycles. The SMILES string of the molecule is CCO/N=C1\CCOc2c1ccc(C(=O)c1c(C)[nH]n(C)c1=O)c2SC. The van der Waals surface area contributed by atoms with Crippen molar-refractivity contribution in [2.45, 2.75) is 25.2 Å². The number of hydrogen-bond donors (Lipinski definition) is 1. The van der Waals surface area contributed by atoms with Gasteiger partial charge < -0.3 is 9.57 Å². The van der Waals surface area contributed by atoms with Gasteiger partial charge in [-0.25, -0.2) is 0 Å². The molecule has 8 heteroatoms. The number of oxime groups is 1. The van der Waals surface area contributed by atoms with Crippen molar-refractivity contribution < 1.29 is 14.4 Å². The molecule has 1 aliphatic rings. The molecule has 0 radical (unpaired) electrons. The topological polar surface area (TPSA) is 85.7 Å². The molecule has 0 saturated heterocycles. The van der Waals surface area contributed by atoms with E-state index in [2.05, 4.69) is 10.3 Å². The Hall–Kier alpha value is -2.48. The lowest BCUT2D eigenvalue weighted by molar-refractivity contribution is 0.103. The zero-order chi connectivity index (χ0) is 18.8. The molecule has 0 unspecified atom stereocenters. The predicted molar refractivity (Wildman–Crippen MR) is 101 cm³/mol. The number of rotatable bonds is 5. The molecule has 1 aromatic carbocycles. The van der Waals surface area contributed by atoms with Crippen LogP contribution in [0, 0.1) is 6.92 Å². The van der Waals surface area contributed by atoms with Gasteiger partial charge in [0.1, 0.15) is 17.9 Å². The second-order valence-corrected chi connectivity index (χ2v) is 6.70.